The number of hydrogen-bond acceptors (Lipinski definition) is 2. The zero-order chi connectivity index (χ0) is 14.4. The van der Waals surface area contributed by atoms with E-state index in [9.17, 15) is 9.59 Å². The average molecular weight is 263 g/mol. The van der Waals surface area contributed by atoms with Crippen molar-refractivity contribution in [3.05, 3.63) is 29.8 Å². The van der Waals surface area contributed by atoms with Crippen molar-refractivity contribution in [2.75, 3.05) is 5.32 Å². The Balaban J connectivity index is 2.79. The number of hydrogen-bond donors (Lipinski definition) is 3. The molecule has 0 fully saturated rings. The number of carbonyl (C=O) groups is 2. The summed E-state index contributed by atoms with van der Waals surface area (Å²) in [4.78, 5) is 23.2. The van der Waals surface area contributed by atoms with Gasteiger partial charge in [-0.25, -0.2) is 4.79 Å². The van der Waals surface area contributed by atoms with E-state index < -0.39 is 12.1 Å². The summed E-state index contributed by atoms with van der Waals surface area (Å²) in [7, 11) is 0. The largest absolute Gasteiger partial charge is 0.352 e. The molecule has 0 aliphatic heterocycles. The number of nitrogens with one attached hydrogen (secondary N) is 2. The molecule has 1 aromatic rings. The van der Waals surface area contributed by atoms with Crippen LogP contribution in [-0.4, -0.2) is 18.0 Å². The highest BCUT2D eigenvalue weighted by atomic mass is 16.2. The first kappa shape index (κ1) is 15.0. The van der Waals surface area contributed by atoms with Gasteiger partial charge in [0.25, 0.3) is 0 Å². The van der Waals surface area contributed by atoms with Crippen LogP contribution in [0.3, 0.4) is 0 Å². The lowest BCUT2D eigenvalue weighted by molar-refractivity contribution is -0.119. The fourth-order valence-electron chi connectivity index (χ4n) is 1.80. The molecular formula is C14H21N3O2. The maximum Gasteiger partial charge on any atom is 0.312 e. The van der Waals surface area contributed by atoms with Crippen molar-refractivity contribution < 1.29 is 9.59 Å². The first-order chi connectivity index (χ1) is 8.93. The average Bonchev–Trinajstić information content (AvgIpc) is 2.34. The highest BCUT2D eigenvalue weighted by Gasteiger charge is 2.25. The number of rotatable bonds is 5. The van der Waals surface area contributed by atoms with Gasteiger partial charge < -0.3 is 16.4 Å². The normalized spacial score (nSPS) is 13.4. The fourth-order valence-corrected chi connectivity index (χ4v) is 1.80. The molecule has 1 rings (SSSR count). The topological polar surface area (TPSA) is 84.2 Å². The van der Waals surface area contributed by atoms with E-state index in [2.05, 4.69) is 10.6 Å². The lowest BCUT2D eigenvalue weighted by Gasteiger charge is -2.22. The SMILES string of the molecule is CCC(C)C(NC(N)=O)C(=O)Nc1cccc(C)c1. The molecule has 3 amide bonds. The van der Waals surface area contributed by atoms with Crippen molar-refractivity contribution in [1.29, 1.82) is 0 Å². The Hall–Kier alpha value is -2.04. The molecule has 0 radical (unpaired) electrons. The second kappa shape index (κ2) is 6.78. The third-order valence-corrected chi connectivity index (χ3v) is 3.08. The molecule has 0 saturated heterocycles. The molecule has 19 heavy (non-hydrogen) atoms. The molecule has 0 bridgehead atoms. The van der Waals surface area contributed by atoms with Crippen LogP contribution in [0.1, 0.15) is 25.8 Å². The predicted octanol–water partition coefficient (Wildman–Crippen LogP) is 2.02. The quantitative estimate of drug-likeness (QED) is 0.759. The summed E-state index contributed by atoms with van der Waals surface area (Å²) in [6.07, 6.45) is 0.770. The van der Waals surface area contributed by atoms with Crippen LogP contribution in [0.15, 0.2) is 24.3 Å². The molecule has 104 valence electrons. The third-order valence-electron chi connectivity index (χ3n) is 3.08. The van der Waals surface area contributed by atoms with E-state index >= 15 is 0 Å². The number of primary amides is 1. The van der Waals surface area contributed by atoms with Gasteiger partial charge in [-0.05, 0) is 30.5 Å². The summed E-state index contributed by atoms with van der Waals surface area (Å²) in [5.74, 6) is -0.240. The molecule has 2 unspecified atom stereocenters. The van der Waals surface area contributed by atoms with Gasteiger partial charge in [-0.2, -0.15) is 0 Å². The number of nitrogens with two attached hydrogens (primary N) is 1. The lowest BCUT2D eigenvalue weighted by atomic mass is 9.98. The monoisotopic (exact) mass is 263 g/mol. The van der Waals surface area contributed by atoms with Crippen LogP contribution in [-0.2, 0) is 4.79 Å². The number of benzene rings is 1. The van der Waals surface area contributed by atoms with Gasteiger partial charge in [-0.1, -0.05) is 32.4 Å². The van der Waals surface area contributed by atoms with Crippen LogP contribution in [0.25, 0.3) is 0 Å². The molecule has 2 atom stereocenters. The number of urea groups is 1. The number of aryl methyl sites for hydroxylation is 1. The van der Waals surface area contributed by atoms with Gasteiger partial charge in [0.05, 0.1) is 0 Å². The van der Waals surface area contributed by atoms with Crippen molar-refractivity contribution in [3.8, 4) is 0 Å². The Kier molecular flexibility index (Phi) is 5.36. The Labute approximate surface area is 113 Å². The molecule has 0 aliphatic carbocycles. The first-order valence-corrected chi connectivity index (χ1v) is 6.37. The summed E-state index contributed by atoms with van der Waals surface area (Å²) < 4.78 is 0. The van der Waals surface area contributed by atoms with Gasteiger partial charge in [0, 0.05) is 5.69 Å². The predicted molar refractivity (Wildman–Crippen MR) is 75.8 cm³/mol. The summed E-state index contributed by atoms with van der Waals surface area (Å²) in [5.41, 5.74) is 6.88. The van der Waals surface area contributed by atoms with Crippen LogP contribution >= 0.6 is 0 Å². The summed E-state index contributed by atoms with van der Waals surface area (Å²) in [6, 6.07) is 6.18. The molecule has 4 N–H and O–H groups in total. The highest BCUT2D eigenvalue weighted by molar-refractivity contribution is 5.97. The highest BCUT2D eigenvalue weighted by Crippen LogP contribution is 2.13. The minimum Gasteiger partial charge on any atom is -0.352 e. The van der Waals surface area contributed by atoms with Crippen molar-refractivity contribution in [3.63, 3.8) is 0 Å². The van der Waals surface area contributed by atoms with Gasteiger partial charge in [0.15, 0.2) is 0 Å². The van der Waals surface area contributed by atoms with E-state index in [1.807, 2.05) is 45.0 Å². The Morgan fingerprint density at radius 3 is 2.58 bits per heavy atom. The zero-order valence-electron chi connectivity index (χ0n) is 11.6. The molecule has 0 spiro atoms. The van der Waals surface area contributed by atoms with Gasteiger partial charge in [-0.15, -0.1) is 0 Å². The second-order valence-electron chi connectivity index (χ2n) is 4.73. The first-order valence-electron chi connectivity index (χ1n) is 6.37. The van der Waals surface area contributed by atoms with Crippen LogP contribution < -0.4 is 16.4 Å². The Morgan fingerprint density at radius 2 is 2.05 bits per heavy atom. The van der Waals surface area contributed by atoms with Gasteiger partial charge in [0.2, 0.25) is 5.91 Å². The molecule has 5 heteroatoms. The standard InChI is InChI=1S/C14H21N3O2/c1-4-10(3)12(17-14(15)19)13(18)16-11-7-5-6-9(2)8-11/h5-8,10,12H,4H2,1-3H3,(H,16,18)(H3,15,17,19). The smallest absolute Gasteiger partial charge is 0.312 e. The molecular weight excluding hydrogens is 242 g/mol. The maximum absolute atomic E-state index is 12.2. The molecule has 0 saturated carbocycles. The van der Waals surface area contributed by atoms with E-state index in [-0.39, 0.29) is 11.8 Å². The minimum absolute atomic E-state index is 0.0114. The Bertz CT molecular complexity index is 460. The number of anilines is 1. The summed E-state index contributed by atoms with van der Waals surface area (Å²) in [6.45, 7) is 5.81. The van der Waals surface area contributed by atoms with Crippen molar-refractivity contribution in [1.82, 2.24) is 5.32 Å². The van der Waals surface area contributed by atoms with Gasteiger partial charge in [-0.3, -0.25) is 4.79 Å². The summed E-state index contributed by atoms with van der Waals surface area (Å²) >= 11 is 0. The van der Waals surface area contributed by atoms with E-state index in [4.69, 9.17) is 5.73 Å². The second-order valence-corrected chi connectivity index (χ2v) is 4.73. The van der Waals surface area contributed by atoms with Crippen molar-refractivity contribution >= 4 is 17.6 Å². The number of carbonyl (C=O) groups excluding carboxylic acids is 2. The number of amides is 3. The van der Waals surface area contributed by atoms with Crippen LogP contribution in [0.5, 0.6) is 0 Å². The van der Waals surface area contributed by atoms with Crippen molar-refractivity contribution in [2.45, 2.75) is 33.2 Å². The molecule has 5 nitrogen and oxygen atoms in total. The van der Waals surface area contributed by atoms with Crippen LogP contribution in [0.2, 0.25) is 0 Å². The van der Waals surface area contributed by atoms with Crippen LogP contribution in [0, 0.1) is 12.8 Å². The van der Waals surface area contributed by atoms with E-state index in [0.717, 1.165) is 12.0 Å². The Morgan fingerprint density at radius 1 is 1.37 bits per heavy atom. The van der Waals surface area contributed by atoms with E-state index in [1.165, 1.54) is 0 Å². The lowest BCUT2D eigenvalue weighted by Crippen LogP contribution is -2.49. The van der Waals surface area contributed by atoms with E-state index in [1.54, 1.807) is 0 Å². The molecule has 0 aromatic heterocycles. The third kappa shape index (κ3) is 4.62. The molecule has 1 aromatic carbocycles. The van der Waals surface area contributed by atoms with Gasteiger partial charge in [0.1, 0.15) is 6.04 Å². The molecule has 0 aliphatic rings. The fraction of sp³-hybridized carbons (Fsp3) is 0.429. The zero-order valence-corrected chi connectivity index (χ0v) is 11.6. The minimum atomic E-state index is -0.690. The van der Waals surface area contributed by atoms with Crippen LogP contribution in [0.4, 0.5) is 10.5 Å². The van der Waals surface area contributed by atoms with Gasteiger partial charge >= 0.3 is 6.03 Å². The summed E-state index contributed by atoms with van der Waals surface area (Å²) in [5, 5.41) is 5.29. The van der Waals surface area contributed by atoms with E-state index in [0.29, 0.717) is 5.69 Å². The molecule has 0 heterocycles. The maximum atomic E-state index is 12.2. The van der Waals surface area contributed by atoms with Crippen molar-refractivity contribution in [2.24, 2.45) is 11.7 Å².